The number of rotatable bonds is 7. The molecule has 128 valence electrons. The lowest BCUT2D eigenvalue weighted by Crippen LogP contribution is -2.23. The van der Waals surface area contributed by atoms with Crippen molar-refractivity contribution in [3.05, 3.63) is 48.2 Å². The molecule has 1 aromatic heterocycles. The van der Waals surface area contributed by atoms with Crippen molar-refractivity contribution in [1.82, 2.24) is 4.98 Å². The Morgan fingerprint density at radius 3 is 2.54 bits per heavy atom. The molecule has 0 atom stereocenters. The van der Waals surface area contributed by atoms with Gasteiger partial charge in [-0.15, -0.1) is 0 Å². The van der Waals surface area contributed by atoms with Crippen molar-refractivity contribution in [3.8, 4) is 5.75 Å². The Bertz CT molecular complexity index is 689. The van der Waals surface area contributed by atoms with Crippen molar-refractivity contribution in [1.29, 1.82) is 0 Å². The Kier molecular flexibility index (Phi) is 6.06. The van der Waals surface area contributed by atoms with Crippen molar-refractivity contribution in [2.45, 2.75) is 13.8 Å². The Labute approximate surface area is 139 Å². The third kappa shape index (κ3) is 4.65. The number of hydrogen-bond donors (Lipinski definition) is 1. The first-order chi connectivity index (χ1) is 11.5. The summed E-state index contributed by atoms with van der Waals surface area (Å²) in [4.78, 5) is 18.2. The zero-order valence-corrected chi connectivity index (χ0v) is 13.6. The summed E-state index contributed by atoms with van der Waals surface area (Å²) in [6.07, 6.45) is 1.55. The zero-order chi connectivity index (χ0) is 17.5. The van der Waals surface area contributed by atoms with Crippen LogP contribution < -0.4 is 15.0 Å². The summed E-state index contributed by atoms with van der Waals surface area (Å²) in [6.45, 7) is 5.36. The first-order valence-electron chi connectivity index (χ1n) is 7.62. The fraction of sp³-hybridized carbons (Fsp3) is 0.294. The van der Waals surface area contributed by atoms with Crippen LogP contribution in [0, 0.1) is 11.6 Å². The molecule has 0 radical (unpaired) electrons. The summed E-state index contributed by atoms with van der Waals surface area (Å²) >= 11 is 0. The van der Waals surface area contributed by atoms with Crippen LogP contribution in [0.25, 0.3) is 0 Å². The molecule has 0 aliphatic heterocycles. The highest BCUT2D eigenvalue weighted by atomic mass is 19.1. The van der Waals surface area contributed by atoms with Gasteiger partial charge >= 0.3 is 0 Å². The Morgan fingerprint density at radius 1 is 1.21 bits per heavy atom. The van der Waals surface area contributed by atoms with E-state index in [1.54, 1.807) is 12.3 Å². The molecule has 1 N–H and O–H groups in total. The first-order valence-corrected chi connectivity index (χ1v) is 7.62. The molecule has 2 rings (SSSR count). The van der Waals surface area contributed by atoms with Crippen LogP contribution in [0.15, 0.2) is 36.5 Å². The quantitative estimate of drug-likeness (QED) is 0.844. The maximum absolute atomic E-state index is 13.4. The topological polar surface area (TPSA) is 54.5 Å². The number of anilines is 2. The Morgan fingerprint density at radius 2 is 1.96 bits per heavy atom. The van der Waals surface area contributed by atoms with E-state index in [1.165, 1.54) is 0 Å². The molecule has 0 unspecified atom stereocenters. The number of carbonyl (C=O) groups excluding carboxylic acids is 1. The minimum Gasteiger partial charge on any atom is -0.481 e. The third-order valence-corrected chi connectivity index (χ3v) is 3.37. The molecule has 7 heteroatoms. The molecule has 24 heavy (non-hydrogen) atoms. The van der Waals surface area contributed by atoms with Crippen LogP contribution in [0.5, 0.6) is 5.75 Å². The van der Waals surface area contributed by atoms with Gasteiger partial charge in [0.05, 0.1) is 11.9 Å². The molecule has 0 spiro atoms. The van der Waals surface area contributed by atoms with Crippen LogP contribution in [-0.2, 0) is 4.79 Å². The van der Waals surface area contributed by atoms with Gasteiger partial charge in [-0.2, -0.15) is 0 Å². The zero-order valence-electron chi connectivity index (χ0n) is 13.6. The largest absolute Gasteiger partial charge is 0.481 e. The summed E-state index contributed by atoms with van der Waals surface area (Å²) in [5.41, 5.74) is 0.513. The van der Waals surface area contributed by atoms with Gasteiger partial charge in [-0.25, -0.2) is 13.8 Å². The number of ether oxygens (including phenoxy) is 1. The van der Waals surface area contributed by atoms with Crippen LogP contribution in [-0.4, -0.2) is 30.6 Å². The lowest BCUT2D eigenvalue weighted by molar-refractivity contribution is -0.118. The van der Waals surface area contributed by atoms with Crippen molar-refractivity contribution in [2.75, 3.05) is 29.9 Å². The van der Waals surface area contributed by atoms with E-state index >= 15 is 0 Å². The number of nitrogens with one attached hydrogen (secondary N) is 1. The molecule has 2 aromatic rings. The highest BCUT2D eigenvalue weighted by Crippen LogP contribution is 2.18. The fourth-order valence-corrected chi connectivity index (χ4v) is 2.13. The summed E-state index contributed by atoms with van der Waals surface area (Å²) in [5, 5.41) is 2.60. The Hall–Kier alpha value is -2.70. The number of nitrogens with zero attached hydrogens (tertiary/aromatic N) is 2. The summed E-state index contributed by atoms with van der Waals surface area (Å²) in [6, 6.07) is 6.44. The van der Waals surface area contributed by atoms with Crippen LogP contribution >= 0.6 is 0 Å². The smallest absolute Gasteiger partial charge is 0.262 e. The molecule has 0 aliphatic carbocycles. The lowest BCUT2D eigenvalue weighted by atomic mass is 10.3. The van der Waals surface area contributed by atoms with E-state index in [-0.39, 0.29) is 12.4 Å². The highest BCUT2D eigenvalue weighted by Gasteiger charge is 2.09. The fourth-order valence-electron chi connectivity index (χ4n) is 2.13. The number of pyridine rings is 1. The second-order valence-electron chi connectivity index (χ2n) is 4.99. The van der Waals surface area contributed by atoms with Crippen molar-refractivity contribution >= 4 is 17.4 Å². The van der Waals surface area contributed by atoms with Gasteiger partial charge in [0.15, 0.2) is 18.2 Å². The van der Waals surface area contributed by atoms with Gasteiger partial charge < -0.3 is 15.0 Å². The number of benzene rings is 1. The molecule has 0 bridgehead atoms. The average molecular weight is 335 g/mol. The van der Waals surface area contributed by atoms with Crippen LogP contribution in [0.1, 0.15) is 13.8 Å². The van der Waals surface area contributed by atoms with E-state index in [4.69, 9.17) is 4.74 Å². The molecule has 5 nitrogen and oxygen atoms in total. The van der Waals surface area contributed by atoms with Gasteiger partial charge in [-0.3, -0.25) is 4.79 Å². The van der Waals surface area contributed by atoms with Gasteiger partial charge in [-0.1, -0.05) is 0 Å². The predicted octanol–water partition coefficient (Wildman–Crippen LogP) is 3.22. The van der Waals surface area contributed by atoms with Crippen molar-refractivity contribution < 1.29 is 18.3 Å². The molecule has 0 aliphatic rings. The third-order valence-electron chi connectivity index (χ3n) is 3.37. The van der Waals surface area contributed by atoms with Gasteiger partial charge in [0.1, 0.15) is 11.6 Å². The van der Waals surface area contributed by atoms with Gasteiger partial charge in [0.2, 0.25) is 0 Å². The van der Waals surface area contributed by atoms with E-state index in [9.17, 15) is 13.6 Å². The van der Waals surface area contributed by atoms with Gasteiger partial charge in [0.25, 0.3) is 5.91 Å². The van der Waals surface area contributed by atoms with Gasteiger partial charge in [0, 0.05) is 19.2 Å². The minimum absolute atomic E-state index is 0.179. The molecule has 1 aromatic carbocycles. The van der Waals surface area contributed by atoms with E-state index in [1.807, 2.05) is 19.9 Å². The monoisotopic (exact) mass is 335 g/mol. The number of carbonyl (C=O) groups is 1. The van der Waals surface area contributed by atoms with E-state index < -0.39 is 17.5 Å². The van der Waals surface area contributed by atoms with Crippen molar-refractivity contribution in [3.63, 3.8) is 0 Å². The number of hydrogen-bond acceptors (Lipinski definition) is 4. The SMILES string of the molecule is CCN(CC)c1ccc(NC(=O)COc2ccc(F)cc2F)cn1. The van der Waals surface area contributed by atoms with E-state index in [0.29, 0.717) is 11.8 Å². The standard InChI is InChI=1S/C17H19F2N3O2/c1-3-22(4-2)16-8-6-13(10-20-16)21-17(23)11-24-15-7-5-12(18)9-14(15)19/h5-10H,3-4,11H2,1-2H3,(H,21,23). The first kappa shape index (κ1) is 17.7. The molecule has 1 amide bonds. The van der Waals surface area contributed by atoms with Crippen LogP contribution in [0.4, 0.5) is 20.3 Å². The molecular weight excluding hydrogens is 316 g/mol. The predicted molar refractivity (Wildman–Crippen MR) is 88.3 cm³/mol. The highest BCUT2D eigenvalue weighted by molar-refractivity contribution is 5.91. The molecular formula is C17H19F2N3O2. The minimum atomic E-state index is -0.854. The second-order valence-corrected chi connectivity index (χ2v) is 4.99. The second kappa shape index (κ2) is 8.24. The summed E-state index contributed by atoms with van der Waals surface area (Å²) < 4.78 is 31.2. The number of aromatic nitrogens is 1. The summed E-state index contributed by atoms with van der Waals surface area (Å²) in [7, 11) is 0. The number of amides is 1. The molecule has 1 heterocycles. The van der Waals surface area contributed by atoms with Crippen LogP contribution in [0.3, 0.4) is 0 Å². The molecule has 0 saturated carbocycles. The maximum Gasteiger partial charge on any atom is 0.262 e. The van der Waals surface area contributed by atoms with E-state index in [2.05, 4.69) is 15.2 Å². The summed E-state index contributed by atoms with van der Waals surface area (Å²) in [5.74, 6) is -1.38. The Balaban J connectivity index is 1.90. The lowest BCUT2D eigenvalue weighted by Gasteiger charge is -2.19. The molecule has 0 saturated heterocycles. The molecule has 0 fully saturated rings. The maximum atomic E-state index is 13.4. The van der Waals surface area contributed by atoms with Crippen LogP contribution in [0.2, 0.25) is 0 Å². The van der Waals surface area contributed by atoms with Gasteiger partial charge in [-0.05, 0) is 38.1 Å². The van der Waals surface area contributed by atoms with E-state index in [0.717, 1.165) is 31.0 Å². The van der Waals surface area contributed by atoms with Crippen molar-refractivity contribution in [2.24, 2.45) is 0 Å². The normalized spacial score (nSPS) is 10.3. The number of halogens is 2. The average Bonchev–Trinajstić information content (AvgIpc) is 2.56.